The molecule has 2 aliphatic rings. The molecule has 0 atom stereocenters. The first-order chi connectivity index (χ1) is 12.6. The minimum Gasteiger partial charge on any atom is -0.357 e. The Hall–Kier alpha value is -2.38. The lowest BCUT2D eigenvalue weighted by atomic mass is 9.96. The van der Waals surface area contributed by atoms with Crippen LogP contribution in [0.3, 0.4) is 0 Å². The third kappa shape index (κ3) is 3.59. The Morgan fingerprint density at radius 2 is 1.73 bits per heavy atom. The van der Waals surface area contributed by atoms with Crippen molar-refractivity contribution >= 4 is 11.8 Å². The Bertz CT molecular complexity index is 757. The van der Waals surface area contributed by atoms with Crippen LogP contribution in [0.25, 0.3) is 0 Å². The van der Waals surface area contributed by atoms with Crippen LogP contribution in [0.2, 0.25) is 0 Å². The van der Waals surface area contributed by atoms with Gasteiger partial charge in [-0.25, -0.2) is 28.7 Å². The molecule has 4 rings (SSSR count). The summed E-state index contributed by atoms with van der Waals surface area (Å²) in [6.45, 7) is 2.36. The van der Waals surface area contributed by atoms with Gasteiger partial charge in [-0.15, -0.1) is 0 Å². The number of nitrogens with zero attached hydrogens (tertiary/aromatic N) is 6. The molecule has 26 heavy (non-hydrogen) atoms. The maximum atomic E-state index is 14.7. The van der Waals surface area contributed by atoms with Crippen molar-refractivity contribution in [2.75, 3.05) is 36.5 Å². The standard InChI is InChI=1S/C18H22F2N6/c1-25(17-15(20)16(13-2-3-13)23-11-24-17)10-12-4-6-26(7-5-12)18-21-8-14(19)9-22-18/h8-9,11-13H,2-7,10H2,1H3. The maximum Gasteiger partial charge on any atom is 0.225 e. The highest BCUT2D eigenvalue weighted by atomic mass is 19.1. The molecule has 138 valence electrons. The summed E-state index contributed by atoms with van der Waals surface area (Å²) in [7, 11) is 1.89. The van der Waals surface area contributed by atoms with Gasteiger partial charge < -0.3 is 9.80 Å². The van der Waals surface area contributed by atoms with E-state index < -0.39 is 5.82 Å². The Balaban J connectivity index is 1.35. The molecule has 0 amide bonds. The van der Waals surface area contributed by atoms with Gasteiger partial charge in [-0.05, 0) is 31.6 Å². The highest BCUT2D eigenvalue weighted by Crippen LogP contribution is 2.41. The topological polar surface area (TPSA) is 58.0 Å². The van der Waals surface area contributed by atoms with Crippen LogP contribution in [-0.2, 0) is 0 Å². The van der Waals surface area contributed by atoms with Crippen molar-refractivity contribution in [1.29, 1.82) is 0 Å². The summed E-state index contributed by atoms with van der Waals surface area (Å²) < 4.78 is 27.6. The summed E-state index contributed by atoms with van der Waals surface area (Å²) >= 11 is 0. The molecule has 2 aromatic heterocycles. The second-order valence-electron chi connectivity index (χ2n) is 7.18. The zero-order chi connectivity index (χ0) is 18.1. The molecule has 0 aromatic carbocycles. The van der Waals surface area contributed by atoms with E-state index in [1.54, 1.807) is 0 Å². The summed E-state index contributed by atoms with van der Waals surface area (Å²) in [4.78, 5) is 20.3. The quantitative estimate of drug-likeness (QED) is 0.817. The van der Waals surface area contributed by atoms with Crippen molar-refractivity contribution < 1.29 is 8.78 Å². The monoisotopic (exact) mass is 360 g/mol. The van der Waals surface area contributed by atoms with E-state index in [9.17, 15) is 8.78 Å². The smallest absolute Gasteiger partial charge is 0.225 e. The Morgan fingerprint density at radius 1 is 1.04 bits per heavy atom. The summed E-state index contributed by atoms with van der Waals surface area (Å²) in [6, 6.07) is 0. The lowest BCUT2D eigenvalue weighted by Crippen LogP contribution is -2.39. The molecular formula is C18H22F2N6. The van der Waals surface area contributed by atoms with Gasteiger partial charge in [0, 0.05) is 32.6 Å². The number of anilines is 2. The first kappa shape index (κ1) is 17.1. The fourth-order valence-electron chi connectivity index (χ4n) is 3.54. The predicted molar refractivity (Wildman–Crippen MR) is 94.2 cm³/mol. The fraction of sp³-hybridized carbons (Fsp3) is 0.556. The first-order valence-electron chi connectivity index (χ1n) is 9.06. The van der Waals surface area contributed by atoms with Gasteiger partial charge in [0.05, 0.1) is 18.1 Å². The van der Waals surface area contributed by atoms with Crippen LogP contribution in [-0.4, -0.2) is 46.6 Å². The van der Waals surface area contributed by atoms with Crippen LogP contribution in [0, 0.1) is 17.6 Å². The van der Waals surface area contributed by atoms with E-state index in [0.29, 0.717) is 23.4 Å². The first-order valence-corrected chi connectivity index (χ1v) is 9.06. The number of hydrogen-bond acceptors (Lipinski definition) is 6. The van der Waals surface area contributed by atoms with Crippen LogP contribution in [0.5, 0.6) is 0 Å². The minimum atomic E-state index is -0.428. The Kier molecular flexibility index (Phi) is 4.65. The largest absolute Gasteiger partial charge is 0.357 e. The van der Waals surface area contributed by atoms with Gasteiger partial charge in [0.1, 0.15) is 6.33 Å². The lowest BCUT2D eigenvalue weighted by Gasteiger charge is -2.34. The molecule has 0 spiro atoms. The molecule has 6 nitrogen and oxygen atoms in total. The molecule has 1 saturated carbocycles. The van der Waals surface area contributed by atoms with Gasteiger partial charge in [0.15, 0.2) is 17.5 Å². The third-order valence-corrected chi connectivity index (χ3v) is 5.16. The molecule has 3 heterocycles. The summed E-state index contributed by atoms with van der Waals surface area (Å²) in [5, 5.41) is 0. The zero-order valence-corrected chi connectivity index (χ0v) is 14.8. The van der Waals surface area contributed by atoms with E-state index >= 15 is 0 Å². The van der Waals surface area contributed by atoms with Crippen LogP contribution >= 0.6 is 0 Å². The van der Waals surface area contributed by atoms with Crippen LogP contribution in [0.15, 0.2) is 18.7 Å². The zero-order valence-electron chi connectivity index (χ0n) is 14.8. The number of halogens is 2. The molecule has 2 aromatic rings. The third-order valence-electron chi connectivity index (χ3n) is 5.16. The van der Waals surface area contributed by atoms with Gasteiger partial charge in [-0.2, -0.15) is 0 Å². The average Bonchev–Trinajstić information content (AvgIpc) is 3.48. The van der Waals surface area contributed by atoms with Gasteiger partial charge >= 0.3 is 0 Å². The lowest BCUT2D eigenvalue weighted by molar-refractivity contribution is 0.403. The number of aromatic nitrogens is 4. The summed E-state index contributed by atoms with van der Waals surface area (Å²) in [6.07, 6.45) is 7.79. The van der Waals surface area contributed by atoms with E-state index in [2.05, 4.69) is 24.8 Å². The van der Waals surface area contributed by atoms with Gasteiger partial charge in [-0.3, -0.25) is 0 Å². The molecule has 1 aliphatic heterocycles. The Morgan fingerprint density at radius 3 is 2.38 bits per heavy atom. The van der Waals surface area contributed by atoms with Crippen LogP contribution < -0.4 is 9.80 Å². The second kappa shape index (κ2) is 7.09. The van der Waals surface area contributed by atoms with E-state index in [1.165, 1.54) is 18.7 Å². The van der Waals surface area contributed by atoms with Crippen molar-refractivity contribution in [3.05, 3.63) is 36.0 Å². The number of hydrogen-bond donors (Lipinski definition) is 0. The molecule has 0 radical (unpaired) electrons. The maximum absolute atomic E-state index is 14.7. The van der Waals surface area contributed by atoms with Crippen LogP contribution in [0.1, 0.15) is 37.3 Å². The minimum absolute atomic E-state index is 0.268. The Labute approximate surface area is 151 Å². The normalized spacial score (nSPS) is 18.2. The SMILES string of the molecule is CN(CC1CCN(c2ncc(F)cn2)CC1)c1ncnc(C2CC2)c1F. The molecule has 1 saturated heterocycles. The fourth-order valence-corrected chi connectivity index (χ4v) is 3.54. The molecule has 2 fully saturated rings. The van der Waals surface area contributed by atoms with Gasteiger partial charge in [0.25, 0.3) is 0 Å². The molecule has 0 bridgehead atoms. The summed E-state index contributed by atoms with van der Waals surface area (Å²) in [5.41, 5.74) is 0.560. The van der Waals surface area contributed by atoms with Crippen molar-refractivity contribution in [2.24, 2.45) is 5.92 Å². The highest BCUT2D eigenvalue weighted by molar-refractivity contribution is 5.42. The average molecular weight is 360 g/mol. The molecule has 8 heteroatoms. The molecular weight excluding hydrogens is 338 g/mol. The van der Waals surface area contributed by atoms with Crippen LogP contribution in [0.4, 0.5) is 20.5 Å². The predicted octanol–water partition coefficient (Wildman–Crippen LogP) is 2.78. The second-order valence-corrected chi connectivity index (χ2v) is 7.18. The van der Waals surface area contributed by atoms with Crippen molar-refractivity contribution in [2.45, 2.75) is 31.6 Å². The van der Waals surface area contributed by atoms with Gasteiger partial charge in [0.2, 0.25) is 5.95 Å². The van der Waals surface area contributed by atoms with Gasteiger partial charge in [-0.1, -0.05) is 0 Å². The van der Waals surface area contributed by atoms with E-state index in [0.717, 1.165) is 45.3 Å². The molecule has 0 N–H and O–H groups in total. The number of rotatable bonds is 5. The van der Waals surface area contributed by atoms with Crippen molar-refractivity contribution in [3.63, 3.8) is 0 Å². The van der Waals surface area contributed by atoms with E-state index in [1.807, 2.05) is 11.9 Å². The highest BCUT2D eigenvalue weighted by Gasteiger charge is 2.31. The van der Waals surface area contributed by atoms with E-state index in [-0.39, 0.29) is 11.7 Å². The molecule has 0 unspecified atom stereocenters. The number of piperidine rings is 1. The summed E-state index contributed by atoms with van der Waals surface area (Å²) in [5.74, 6) is 0.970. The molecule has 1 aliphatic carbocycles. The van der Waals surface area contributed by atoms with E-state index in [4.69, 9.17) is 0 Å². The van der Waals surface area contributed by atoms with Crippen molar-refractivity contribution in [3.8, 4) is 0 Å². The van der Waals surface area contributed by atoms with Crippen molar-refractivity contribution in [1.82, 2.24) is 19.9 Å².